The third-order valence-electron chi connectivity index (χ3n) is 6.06. The van der Waals surface area contributed by atoms with Crippen molar-refractivity contribution < 1.29 is 9.53 Å². The number of rotatable bonds is 6. The van der Waals surface area contributed by atoms with Gasteiger partial charge in [0.2, 0.25) is 5.91 Å². The van der Waals surface area contributed by atoms with E-state index in [1.54, 1.807) is 6.20 Å². The van der Waals surface area contributed by atoms with E-state index in [0.717, 1.165) is 68.7 Å². The quantitative estimate of drug-likeness (QED) is 0.638. The molecule has 6 nitrogen and oxygen atoms in total. The molecule has 1 saturated heterocycles. The van der Waals surface area contributed by atoms with Gasteiger partial charge in [-0.1, -0.05) is 23.7 Å². The van der Waals surface area contributed by atoms with Gasteiger partial charge in [0.1, 0.15) is 5.82 Å². The maximum Gasteiger partial charge on any atom is 0.228 e. The molecule has 1 aliphatic carbocycles. The maximum atomic E-state index is 12.5. The molecule has 0 radical (unpaired) electrons. The molecular formula is C23H29ClN4O2. The van der Waals surface area contributed by atoms with Crippen LogP contribution in [0.25, 0.3) is 11.1 Å². The Kier molecular flexibility index (Phi) is 6.87. The lowest BCUT2D eigenvalue weighted by atomic mass is 10.00. The fourth-order valence-electron chi connectivity index (χ4n) is 4.22. The summed E-state index contributed by atoms with van der Waals surface area (Å²) in [5.74, 6) is 1.09. The first-order chi connectivity index (χ1) is 14.6. The van der Waals surface area contributed by atoms with E-state index in [-0.39, 0.29) is 17.9 Å². The van der Waals surface area contributed by atoms with E-state index >= 15 is 0 Å². The fourth-order valence-corrected chi connectivity index (χ4v) is 4.43. The maximum absolute atomic E-state index is 12.5. The van der Waals surface area contributed by atoms with Crippen LogP contribution in [0.2, 0.25) is 5.02 Å². The number of ether oxygens (including phenoxy) is 1. The van der Waals surface area contributed by atoms with Crippen molar-refractivity contribution in [3.05, 3.63) is 41.6 Å². The number of hydrogen-bond acceptors (Lipinski definition) is 5. The second-order valence-electron chi connectivity index (χ2n) is 8.33. The zero-order chi connectivity index (χ0) is 20.9. The molecule has 4 rings (SSSR count). The molecule has 0 unspecified atom stereocenters. The number of nitrogens with one attached hydrogen (secondary N) is 2. The van der Waals surface area contributed by atoms with Gasteiger partial charge in [-0.2, -0.15) is 0 Å². The van der Waals surface area contributed by atoms with Crippen molar-refractivity contribution >= 4 is 29.0 Å². The number of nitrogens with two attached hydrogens (primary N) is 1. The number of benzene rings is 1. The van der Waals surface area contributed by atoms with E-state index in [2.05, 4.69) is 27.8 Å². The Labute approximate surface area is 182 Å². The van der Waals surface area contributed by atoms with Crippen LogP contribution in [0, 0.1) is 11.8 Å². The number of anilines is 2. The molecule has 1 aromatic heterocycles. The van der Waals surface area contributed by atoms with Gasteiger partial charge in [0.05, 0.1) is 5.02 Å². The second-order valence-corrected chi connectivity index (χ2v) is 8.73. The summed E-state index contributed by atoms with van der Waals surface area (Å²) in [6, 6.07) is 10.1. The topological polar surface area (TPSA) is 89.3 Å². The number of aromatic nitrogens is 1. The zero-order valence-corrected chi connectivity index (χ0v) is 17.8. The van der Waals surface area contributed by atoms with Crippen LogP contribution in [-0.4, -0.2) is 36.7 Å². The first kappa shape index (κ1) is 21.1. The molecule has 30 heavy (non-hydrogen) atoms. The second kappa shape index (κ2) is 9.77. The first-order valence-corrected chi connectivity index (χ1v) is 11.1. The smallest absolute Gasteiger partial charge is 0.228 e. The molecule has 7 heteroatoms. The lowest BCUT2D eigenvalue weighted by molar-refractivity contribution is -0.119. The van der Waals surface area contributed by atoms with Crippen molar-refractivity contribution in [3.8, 4) is 11.1 Å². The summed E-state index contributed by atoms with van der Waals surface area (Å²) in [5.41, 5.74) is 8.82. The van der Waals surface area contributed by atoms with Crippen molar-refractivity contribution in [1.82, 2.24) is 4.98 Å². The largest absolute Gasteiger partial charge is 0.385 e. The van der Waals surface area contributed by atoms with Crippen molar-refractivity contribution in [2.75, 3.05) is 30.4 Å². The zero-order valence-electron chi connectivity index (χ0n) is 17.1. The molecule has 1 aliphatic heterocycles. The van der Waals surface area contributed by atoms with E-state index in [1.807, 2.05) is 18.2 Å². The Balaban J connectivity index is 1.45. The molecule has 0 spiro atoms. The van der Waals surface area contributed by atoms with Crippen LogP contribution in [0.15, 0.2) is 36.5 Å². The molecule has 1 saturated carbocycles. The molecule has 2 heterocycles. The monoisotopic (exact) mass is 428 g/mol. The van der Waals surface area contributed by atoms with E-state index < -0.39 is 0 Å². The van der Waals surface area contributed by atoms with E-state index in [9.17, 15) is 4.79 Å². The van der Waals surface area contributed by atoms with E-state index in [4.69, 9.17) is 22.1 Å². The van der Waals surface area contributed by atoms with Crippen LogP contribution in [0.1, 0.15) is 32.1 Å². The summed E-state index contributed by atoms with van der Waals surface area (Å²) in [4.78, 5) is 16.8. The number of carbonyl (C=O) groups is 1. The van der Waals surface area contributed by atoms with Crippen molar-refractivity contribution in [2.45, 2.75) is 38.1 Å². The van der Waals surface area contributed by atoms with Crippen LogP contribution in [0.3, 0.4) is 0 Å². The molecule has 0 bridgehead atoms. The van der Waals surface area contributed by atoms with Gasteiger partial charge in [0.15, 0.2) is 0 Å². The Morgan fingerprint density at radius 2 is 2.03 bits per heavy atom. The predicted molar refractivity (Wildman–Crippen MR) is 121 cm³/mol. The Morgan fingerprint density at radius 1 is 1.20 bits per heavy atom. The average molecular weight is 429 g/mol. The number of pyridine rings is 1. The Hall–Kier alpha value is -2.15. The van der Waals surface area contributed by atoms with Gasteiger partial charge < -0.3 is 21.1 Å². The number of hydrogen-bond donors (Lipinski definition) is 3. The minimum atomic E-state index is -0.0429. The predicted octanol–water partition coefficient (Wildman–Crippen LogP) is 4.31. The molecule has 2 aromatic rings. The Morgan fingerprint density at radius 3 is 2.80 bits per heavy atom. The highest BCUT2D eigenvalue weighted by Gasteiger charge is 2.28. The molecule has 4 N–H and O–H groups in total. The standard InChI is InChI=1S/C23H29ClN4O2/c24-21-14-27-22(28-23(29)17-4-5-18(25)10-17)12-20(21)16-2-1-3-19(11-16)26-13-15-6-8-30-9-7-15/h1-3,11-12,14-15,17-18,26H,4-10,13,25H2,(H,27,28,29)/t17-,18-/m1/s1. The lowest BCUT2D eigenvalue weighted by Gasteiger charge is -2.22. The summed E-state index contributed by atoms with van der Waals surface area (Å²) in [6.07, 6.45) is 6.23. The van der Waals surface area contributed by atoms with Gasteiger partial charge in [-0.3, -0.25) is 4.79 Å². The summed E-state index contributed by atoms with van der Waals surface area (Å²) in [7, 11) is 0. The van der Waals surface area contributed by atoms with Gasteiger partial charge in [0, 0.05) is 49.2 Å². The Bertz CT molecular complexity index is 885. The summed E-state index contributed by atoms with van der Waals surface area (Å²) in [5, 5.41) is 7.02. The van der Waals surface area contributed by atoms with Crippen molar-refractivity contribution in [3.63, 3.8) is 0 Å². The molecule has 1 aromatic carbocycles. The van der Waals surface area contributed by atoms with Crippen LogP contribution in [0.5, 0.6) is 0 Å². The van der Waals surface area contributed by atoms with Gasteiger partial charge >= 0.3 is 0 Å². The normalized spacial score (nSPS) is 22.1. The third kappa shape index (κ3) is 5.31. The van der Waals surface area contributed by atoms with E-state index in [1.165, 1.54) is 0 Å². The minimum absolute atomic E-state index is 0.0180. The molecular weight excluding hydrogens is 400 g/mol. The summed E-state index contributed by atoms with van der Waals surface area (Å²) >= 11 is 6.44. The average Bonchev–Trinajstić information content (AvgIpc) is 3.21. The molecule has 2 aliphatic rings. The van der Waals surface area contributed by atoms with Gasteiger partial charge in [-0.25, -0.2) is 4.98 Å². The van der Waals surface area contributed by atoms with Crippen LogP contribution < -0.4 is 16.4 Å². The number of halogens is 1. The molecule has 160 valence electrons. The third-order valence-corrected chi connectivity index (χ3v) is 6.36. The van der Waals surface area contributed by atoms with Crippen LogP contribution >= 0.6 is 11.6 Å². The van der Waals surface area contributed by atoms with Crippen LogP contribution in [-0.2, 0) is 9.53 Å². The van der Waals surface area contributed by atoms with Crippen molar-refractivity contribution in [1.29, 1.82) is 0 Å². The molecule has 1 amide bonds. The number of nitrogens with zero attached hydrogens (tertiary/aromatic N) is 1. The van der Waals surface area contributed by atoms with Gasteiger partial charge in [-0.05, 0) is 61.8 Å². The van der Waals surface area contributed by atoms with Gasteiger partial charge in [-0.15, -0.1) is 0 Å². The summed E-state index contributed by atoms with van der Waals surface area (Å²) < 4.78 is 5.43. The van der Waals surface area contributed by atoms with Crippen molar-refractivity contribution in [2.24, 2.45) is 17.6 Å². The first-order valence-electron chi connectivity index (χ1n) is 10.7. The highest BCUT2D eigenvalue weighted by Crippen LogP contribution is 2.32. The highest BCUT2D eigenvalue weighted by atomic mass is 35.5. The number of amides is 1. The molecule has 2 atom stereocenters. The fraction of sp³-hybridized carbons (Fsp3) is 0.478. The van der Waals surface area contributed by atoms with Crippen LogP contribution in [0.4, 0.5) is 11.5 Å². The SMILES string of the molecule is N[C@@H]1CC[C@@H](C(=O)Nc2cc(-c3cccc(NCC4CCOCC4)c3)c(Cl)cn2)C1. The minimum Gasteiger partial charge on any atom is -0.385 e. The summed E-state index contributed by atoms with van der Waals surface area (Å²) in [6.45, 7) is 2.63. The van der Waals surface area contributed by atoms with E-state index in [0.29, 0.717) is 16.8 Å². The van der Waals surface area contributed by atoms with Gasteiger partial charge in [0.25, 0.3) is 0 Å². The number of carbonyl (C=O) groups excluding carboxylic acids is 1. The lowest BCUT2D eigenvalue weighted by Crippen LogP contribution is -2.23. The highest BCUT2D eigenvalue weighted by molar-refractivity contribution is 6.33. The molecule has 2 fully saturated rings.